The maximum Gasteiger partial charge on any atom is 0.411 e. The number of hydrogen-bond acceptors (Lipinski definition) is 3. The van der Waals surface area contributed by atoms with Crippen LogP contribution in [-0.4, -0.2) is 30.3 Å². The molecule has 94 valence electrons. The maximum atomic E-state index is 13.0. The third-order valence-corrected chi connectivity index (χ3v) is 1.76. The number of halogens is 3. The molecule has 2 N–H and O–H groups in total. The van der Waals surface area contributed by atoms with E-state index in [1.165, 1.54) is 18.2 Å². The van der Waals surface area contributed by atoms with Gasteiger partial charge in [-0.3, -0.25) is 5.32 Å². The second-order valence-electron chi connectivity index (χ2n) is 3.20. The molecule has 0 bridgehead atoms. The van der Waals surface area contributed by atoms with Crippen LogP contribution in [0.15, 0.2) is 24.3 Å². The molecule has 1 amide bonds. The van der Waals surface area contributed by atoms with Gasteiger partial charge in [0, 0.05) is 0 Å². The van der Waals surface area contributed by atoms with Gasteiger partial charge in [-0.05, 0) is 12.1 Å². The van der Waals surface area contributed by atoms with Crippen LogP contribution in [0.25, 0.3) is 0 Å². The molecule has 0 heterocycles. The highest BCUT2D eigenvalue weighted by molar-refractivity contribution is 5.84. The Hall–Kier alpha value is -1.76. The van der Waals surface area contributed by atoms with Crippen molar-refractivity contribution in [3.05, 3.63) is 30.1 Å². The summed E-state index contributed by atoms with van der Waals surface area (Å²) in [5.41, 5.74) is -0.176. The lowest BCUT2D eigenvalue weighted by atomic mass is 10.3. The molecule has 0 saturated carbocycles. The van der Waals surface area contributed by atoms with Crippen molar-refractivity contribution in [1.29, 1.82) is 0 Å². The van der Waals surface area contributed by atoms with Crippen molar-refractivity contribution in [3.63, 3.8) is 0 Å². The number of aliphatic hydroxyl groups excluding tert-OH is 1. The molecule has 0 aliphatic heterocycles. The number of ether oxygens (including phenoxy) is 1. The molecular weight excluding hydrogens is 239 g/mol. The first kappa shape index (κ1) is 13.3. The molecule has 0 aliphatic carbocycles. The summed E-state index contributed by atoms with van der Waals surface area (Å²) in [6.07, 6.45) is -1.22. The van der Waals surface area contributed by atoms with Crippen molar-refractivity contribution in [1.82, 2.24) is 0 Å². The van der Waals surface area contributed by atoms with E-state index in [0.29, 0.717) is 0 Å². The minimum atomic E-state index is -3.51. The number of hydrogen-bond donors (Lipinski definition) is 2. The summed E-state index contributed by atoms with van der Waals surface area (Å²) in [6, 6.07) is 5.21. The first-order chi connectivity index (χ1) is 7.94. The molecule has 0 atom stereocenters. The summed E-state index contributed by atoms with van der Waals surface area (Å²) in [5, 5.41) is 10.2. The average Bonchev–Trinajstić information content (AvgIpc) is 2.30. The Labute approximate surface area is 95.0 Å². The predicted octanol–water partition coefficient (Wildman–Crippen LogP) is 2.00. The second-order valence-corrected chi connectivity index (χ2v) is 3.20. The Morgan fingerprint density at radius 3 is 2.65 bits per heavy atom. The fourth-order valence-corrected chi connectivity index (χ4v) is 0.925. The van der Waals surface area contributed by atoms with Crippen molar-refractivity contribution in [3.8, 4) is 0 Å². The number of alkyl halides is 2. The molecule has 0 aliphatic rings. The molecule has 0 spiro atoms. The Kier molecular flexibility index (Phi) is 4.33. The van der Waals surface area contributed by atoms with E-state index in [1.54, 1.807) is 0 Å². The number of amides is 1. The Morgan fingerprint density at radius 2 is 2.06 bits per heavy atom. The minimum absolute atomic E-state index is 0.176. The van der Waals surface area contributed by atoms with Gasteiger partial charge in [-0.1, -0.05) is 12.1 Å². The summed E-state index contributed by atoms with van der Waals surface area (Å²) in [4.78, 5) is 11.0. The first-order valence-corrected chi connectivity index (χ1v) is 4.61. The number of nitrogens with one attached hydrogen (secondary N) is 1. The Bertz CT molecular complexity index is 398. The van der Waals surface area contributed by atoms with Crippen LogP contribution >= 0.6 is 0 Å². The van der Waals surface area contributed by atoms with E-state index in [2.05, 4.69) is 4.74 Å². The molecule has 1 rings (SSSR count). The van der Waals surface area contributed by atoms with E-state index in [9.17, 15) is 18.0 Å². The van der Waals surface area contributed by atoms with Gasteiger partial charge >= 0.3 is 12.0 Å². The zero-order chi connectivity index (χ0) is 12.9. The molecule has 0 radical (unpaired) electrons. The van der Waals surface area contributed by atoms with Crippen molar-refractivity contribution in [2.75, 3.05) is 18.5 Å². The third kappa shape index (κ3) is 4.31. The monoisotopic (exact) mass is 249 g/mol. The van der Waals surface area contributed by atoms with Gasteiger partial charge in [-0.15, -0.1) is 0 Å². The number of para-hydroxylation sites is 1. The van der Waals surface area contributed by atoms with Gasteiger partial charge in [0.1, 0.15) is 12.4 Å². The van der Waals surface area contributed by atoms with Crippen LogP contribution in [0, 0.1) is 5.82 Å². The molecule has 0 unspecified atom stereocenters. The number of rotatable bonds is 4. The van der Waals surface area contributed by atoms with Gasteiger partial charge in [-0.2, -0.15) is 0 Å². The normalized spacial score (nSPS) is 11.1. The largest absolute Gasteiger partial charge is 0.443 e. The molecule has 17 heavy (non-hydrogen) atoms. The lowest BCUT2D eigenvalue weighted by molar-refractivity contribution is -0.0880. The Balaban J connectivity index is 2.48. The van der Waals surface area contributed by atoms with Crippen molar-refractivity contribution in [2.24, 2.45) is 0 Å². The van der Waals surface area contributed by atoms with Crippen LogP contribution < -0.4 is 5.32 Å². The molecule has 1 aromatic rings. The van der Waals surface area contributed by atoms with Crippen LogP contribution in [0.3, 0.4) is 0 Å². The smallest absolute Gasteiger partial charge is 0.411 e. The van der Waals surface area contributed by atoms with Crippen molar-refractivity contribution >= 4 is 11.8 Å². The zero-order valence-corrected chi connectivity index (χ0v) is 8.62. The van der Waals surface area contributed by atoms with Gasteiger partial charge in [0.2, 0.25) is 0 Å². The SMILES string of the molecule is O=C(Nc1ccccc1F)OCC(F)(F)CO. The number of benzene rings is 1. The highest BCUT2D eigenvalue weighted by atomic mass is 19.3. The van der Waals surface area contributed by atoms with Crippen molar-refractivity contribution in [2.45, 2.75) is 5.92 Å². The number of anilines is 1. The van der Waals surface area contributed by atoms with Crippen LogP contribution in [0.1, 0.15) is 0 Å². The third-order valence-electron chi connectivity index (χ3n) is 1.76. The minimum Gasteiger partial charge on any atom is -0.443 e. The quantitative estimate of drug-likeness (QED) is 0.858. The molecule has 0 fully saturated rings. The number of carbonyl (C=O) groups excluding carboxylic acids is 1. The maximum absolute atomic E-state index is 13.0. The van der Waals surface area contributed by atoms with Crippen LogP contribution in [0.2, 0.25) is 0 Å². The summed E-state index contributed by atoms with van der Waals surface area (Å²) >= 11 is 0. The van der Waals surface area contributed by atoms with E-state index in [0.717, 1.165) is 6.07 Å². The standard InChI is InChI=1S/C10H10F3NO3/c11-7-3-1-2-4-8(7)14-9(16)17-6-10(12,13)5-15/h1-4,15H,5-6H2,(H,14,16). The number of aliphatic hydroxyl groups is 1. The zero-order valence-electron chi connectivity index (χ0n) is 8.62. The fraction of sp³-hybridized carbons (Fsp3) is 0.300. The van der Waals surface area contributed by atoms with Crippen LogP contribution in [0.5, 0.6) is 0 Å². The van der Waals surface area contributed by atoms with E-state index >= 15 is 0 Å². The lowest BCUT2D eigenvalue weighted by Gasteiger charge is -2.13. The summed E-state index contributed by atoms with van der Waals surface area (Å²) < 4.78 is 42.2. The topological polar surface area (TPSA) is 58.6 Å². The average molecular weight is 249 g/mol. The van der Waals surface area contributed by atoms with Gasteiger partial charge in [0.15, 0.2) is 6.61 Å². The summed E-state index contributed by atoms with van der Waals surface area (Å²) in [5.74, 6) is -4.22. The predicted molar refractivity (Wildman–Crippen MR) is 53.4 cm³/mol. The summed E-state index contributed by atoms with van der Waals surface area (Å²) in [6.45, 7) is -2.70. The van der Waals surface area contributed by atoms with Gasteiger partial charge in [0.05, 0.1) is 5.69 Å². The van der Waals surface area contributed by atoms with E-state index in [1.807, 2.05) is 5.32 Å². The molecule has 0 aromatic heterocycles. The first-order valence-electron chi connectivity index (χ1n) is 4.61. The van der Waals surface area contributed by atoms with Gasteiger partial charge < -0.3 is 9.84 Å². The molecule has 4 nitrogen and oxygen atoms in total. The summed E-state index contributed by atoms with van der Waals surface area (Å²) in [7, 11) is 0. The van der Waals surface area contributed by atoms with Crippen LogP contribution in [0.4, 0.5) is 23.7 Å². The highest BCUT2D eigenvalue weighted by Gasteiger charge is 2.29. The molecule has 1 aromatic carbocycles. The molecular formula is C10H10F3NO3. The van der Waals surface area contributed by atoms with E-state index in [-0.39, 0.29) is 5.69 Å². The molecule has 7 heteroatoms. The number of carbonyl (C=O) groups is 1. The van der Waals surface area contributed by atoms with E-state index < -0.39 is 31.0 Å². The Morgan fingerprint density at radius 1 is 1.41 bits per heavy atom. The lowest BCUT2D eigenvalue weighted by Crippen LogP contribution is -2.31. The van der Waals surface area contributed by atoms with Crippen LogP contribution in [-0.2, 0) is 4.74 Å². The highest BCUT2D eigenvalue weighted by Crippen LogP contribution is 2.15. The van der Waals surface area contributed by atoms with Gasteiger partial charge in [0.25, 0.3) is 0 Å². The van der Waals surface area contributed by atoms with E-state index in [4.69, 9.17) is 5.11 Å². The molecule has 0 saturated heterocycles. The second kappa shape index (κ2) is 5.53. The van der Waals surface area contributed by atoms with Crippen molar-refractivity contribution < 1.29 is 27.8 Å². The van der Waals surface area contributed by atoms with Gasteiger partial charge in [-0.25, -0.2) is 18.0 Å². The fourth-order valence-electron chi connectivity index (χ4n) is 0.925.